The minimum absolute atomic E-state index is 0.0431. The van der Waals surface area contributed by atoms with Crippen LogP contribution >= 0.6 is 0 Å². The van der Waals surface area contributed by atoms with Crippen molar-refractivity contribution in [2.24, 2.45) is 0 Å². The van der Waals surface area contributed by atoms with Gasteiger partial charge in [-0.3, -0.25) is 8.37 Å². The number of aliphatic hydroxyl groups is 1. The van der Waals surface area contributed by atoms with E-state index < -0.39 is 69.5 Å². The average Bonchev–Trinajstić information content (AvgIpc) is 3.07. The molecule has 1 heterocycles. The van der Waals surface area contributed by atoms with Crippen molar-refractivity contribution in [3.8, 4) is 0 Å². The summed E-state index contributed by atoms with van der Waals surface area (Å²) in [5, 5.41) is 11.1. The lowest BCUT2D eigenvalue weighted by molar-refractivity contribution is -0.277. The van der Waals surface area contributed by atoms with Crippen LogP contribution in [0.3, 0.4) is 0 Å². The molecule has 5 atom stereocenters. The zero-order valence-electron chi connectivity index (χ0n) is 25.7. The number of hydrogen-bond acceptors (Lipinski definition) is 12. The molecular formula is C34H32O12S2. The number of esters is 2. The highest BCUT2D eigenvalue weighted by Gasteiger charge is 2.53. The Morgan fingerprint density at radius 2 is 1.06 bits per heavy atom. The molecule has 0 amide bonds. The monoisotopic (exact) mass is 696 g/mol. The van der Waals surface area contributed by atoms with Crippen molar-refractivity contribution in [3.05, 3.63) is 131 Å². The molecule has 1 saturated heterocycles. The molecule has 0 aliphatic carbocycles. The van der Waals surface area contributed by atoms with Crippen LogP contribution in [0.4, 0.5) is 0 Å². The van der Waals surface area contributed by atoms with Crippen molar-refractivity contribution in [2.75, 3.05) is 6.61 Å². The standard InChI is InChI=1S/C34H32O12S2/c1-22-13-17-26(18-14-22)47(38,39)42-21-28-29(44-32(35)24-9-5-3-6-10-24)30(45-33(36)25-11-7-4-8-12-25)31(34(37)43-28)46-48(40,41)27-19-15-23(2)16-20-27/h3-20,28-31,34,37H,21H2,1-2H3/t28-,29+,30-,31-,34+/m0/s1. The molecule has 1 N–H and O–H groups in total. The van der Waals surface area contributed by atoms with Crippen LogP contribution in [0.15, 0.2) is 119 Å². The zero-order chi connectivity index (χ0) is 34.5. The second-order valence-electron chi connectivity index (χ2n) is 10.9. The summed E-state index contributed by atoms with van der Waals surface area (Å²) in [5.41, 5.74) is 1.67. The van der Waals surface area contributed by atoms with E-state index in [-0.39, 0.29) is 20.9 Å². The smallest absolute Gasteiger partial charge is 0.338 e. The molecule has 0 bridgehead atoms. The highest BCUT2D eigenvalue weighted by Crippen LogP contribution is 2.32. The maximum absolute atomic E-state index is 13.4. The third kappa shape index (κ3) is 8.34. The number of carbonyl (C=O) groups excluding carboxylic acids is 2. The normalized spacial score (nSPS) is 21.3. The third-order valence-electron chi connectivity index (χ3n) is 7.36. The number of aliphatic hydroxyl groups excluding tert-OH is 1. The fourth-order valence-electron chi connectivity index (χ4n) is 4.78. The fourth-order valence-corrected chi connectivity index (χ4v) is 6.77. The van der Waals surface area contributed by atoms with Crippen molar-refractivity contribution >= 4 is 32.2 Å². The lowest BCUT2D eigenvalue weighted by Crippen LogP contribution is -2.62. The van der Waals surface area contributed by atoms with Gasteiger partial charge in [-0.05, 0) is 62.4 Å². The third-order valence-corrected chi connectivity index (χ3v) is 9.98. The summed E-state index contributed by atoms with van der Waals surface area (Å²) in [4.78, 5) is 26.2. The van der Waals surface area contributed by atoms with Gasteiger partial charge in [-0.2, -0.15) is 16.8 Å². The van der Waals surface area contributed by atoms with E-state index in [0.29, 0.717) is 0 Å². The summed E-state index contributed by atoms with van der Waals surface area (Å²) >= 11 is 0. The molecular weight excluding hydrogens is 664 g/mol. The molecule has 0 aromatic heterocycles. The maximum Gasteiger partial charge on any atom is 0.338 e. The second kappa shape index (κ2) is 14.8. The highest BCUT2D eigenvalue weighted by molar-refractivity contribution is 7.87. The van der Waals surface area contributed by atoms with Gasteiger partial charge in [0, 0.05) is 0 Å². The quantitative estimate of drug-likeness (QED) is 0.177. The number of hydrogen-bond donors (Lipinski definition) is 1. The fraction of sp³-hybridized carbons (Fsp3) is 0.235. The van der Waals surface area contributed by atoms with E-state index in [1.54, 1.807) is 62.4 Å². The molecule has 1 aliphatic heterocycles. The Hall–Kier alpha value is -4.44. The molecule has 4 aromatic carbocycles. The van der Waals surface area contributed by atoms with E-state index in [1.165, 1.54) is 60.7 Å². The van der Waals surface area contributed by atoms with Gasteiger partial charge in [-0.15, -0.1) is 0 Å². The number of carbonyl (C=O) groups is 2. The Labute approximate surface area is 278 Å². The first-order valence-corrected chi connectivity index (χ1v) is 17.5. The van der Waals surface area contributed by atoms with Crippen molar-refractivity contribution in [1.29, 1.82) is 0 Å². The Kier molecular flexibility index (Phi) is 10.7. The van der Waals surface area contributed by atoms with Gasteiger partial charge in [0.25, 0.3) is 20.2 Å². The molecule has 0 spiro atoms. The van der Waals surface area contributed by atoms with Crippen LogP contribution < -0.4 is 0 Å². The summed E-state index contributed by atoms with van der Waals surface area (Å²) in [6.45, 7) is 2.69. The SMILES string of the molecule is Cc1ccc(S(=O)(=O)OC[C@@H]2O[C@@H](O)[C@@H](OS(=O)(=O)c3ccc(C)cc3)[C@@H](OC(=O)c3ccccc3)[C@@H]2OC(=O)c2ccccc2)cc1. The number of benzene rings is 4. The van der Waals surface area contributed by atoms with E-state index in [9.17, 15) is 31.5 Å². The van der Waals surface area contributed by atoms with Crippen LogP contribution in [0.2, 0.25) is 0 Å². The van der Waals surface area contributed by atoms with E-state index in [4.69, 9.17) is 22.6 Å². The maximum atomic E-state index is 13.4. The highest BCUT2D eigenvalue weighted by atomic mass is 32.2. The van der Waals surface area contributed by atoms with Gasteiger partial charge >= 0.3 is 11.9 Å². The molecule has 12 nitrogen and oxygen atoms in total. The van der Waals surface area contributed by atoms with Gasteiger partial charge < -0.3 is 19.3 Å². The molecule has 5 rings (SSSR count). The van der Waals surface area contributed by atoms with E-state index >= 15 is 0 Å². The van der Waals surface area contributed by atoms with Crippen LogP contribution in [0.5, 0.6) is 0 Å². The van der Waals surface area contributed by atoms with Crippen molar-refractivity contribution in [3.63, 3.8) is 0 Å². The molecule has 1 fully saturated rings. The van der Waals surface area contributed by atoms with E-state index in [0.717, 1.165) is 11.1 Å². The van der Waals surface area contributed by atoms with Crippen molar-refractivity contribution in [1.82, 2.24) is 0 Å². The van der Waals surface area contributed by atoms with Gasteiger partial charge in [0.2, 0.25) is 0 Å². The summed E-state index contributed by atoms with van der Waals surface area (Å²) in [6.07, 6.45) is -9.34. The summed E-state index contributed by atoms with van der Waals surface area (Å²) in [6, 6.07) is 26.7. The Bertz CT molecular complexity index is 1930. The van der Waals surface area contributed by atoms with Gasteiger partial charge in [0.15, 0.2) is 24.6 Å². The lowest BCUT2D eigenvalue weighted by atomic mass is 9.98. The topological polar surface area (TPSA) is 169 Å². The van der Waals surface area contributed by atoms with Crippen molar-refractivity contribution < 1.29 is 54.1 Å². The number of aryl methyl sites for hydroxylation is 2. The van der Waals surface area contributed by atoms with Gasteiger partial charge in [0.1, 0.15) is 6.10 Å². The van der Waals surface area contributed by atoms with Crippen LogP contribution in [0, 0.1) is 13.8 Å². The first-order chi connectivity index (χ1) is 22.8. The van der Waals surface area contributed by atoms with E-state index in [2.05, 4.69) is 0 Å². The van der Waals surface area contributed by atoms with Gasteiger partial charge in [-0.1, -0.05) is 71.8 Å². The molecule has 1 aliphatic rings. The number of rotatable bonds is 11. The Morgan fingerprint density at radius 1 is 0.625 bits per heavy atom. The van der Waals surface area contributed by atoms with Gasteiger partial charge in [0.05, 0.1) is 27.5 Å². The van der Waals surface area contributed by atoms with Crippen LogP contribution in [-0.2, 0) is 42.8 Å². The van der Waals surface area contributed by atoms with Crippen molar-refractivity contribution in [2.45, 2.75) is 54.3 Å². The first-order valence-electron chi connectivity index (χ1n) is 14.7. The number of ether oxygens (including phenoxy) is 3. The molecule has 48 heavy (non-hydrogen) atoms. The van der Waals surface area contributed by atoms with Crippen LogP contribution in [0.25, 0.3) is 0 Å². The predicted octanol–water partition coefficient (Wildman–Crippen LogP) is 3.95. The molecule has 14 heteroatoms. The van der Waals surface area contributed by atoms with E-state index in [1.807, 2.05) is 0 Å². The van der Waals surface area contributed by atoms with Crippen LogP contribution in [-0.4, -0.2) is 71.2 Å². The minimum Gasteiger partial charge on any atom is -0.452 e. The average molecular weight is 697 g/mol. The Morgan fingerprint density at radius 3 is 1.54 bits per heavy atom. The summed E-state index contributed by atoms with van der Waals surface area (Å²) in [7, 11) is -9.04. The zero-order valence-corrected chi connectivity index (χ0v) is 27.4. The van der Waals surface area contributed by atoms with Gasteiger partial charge in [-0.25, -0.2) is 9.59 Å². The lowest BCUT2D eigenvalue weighted by Gasteiger charge is -2.42. The first kappa shape index (κ1) is 34.9. The largest absolute Gasteiger partial charge is 0.452 e. The second-order valence-corrected chi connectivity index (χ2v) is 14.1. The summed E-state index contributed by atoms with van der Waals surface area (Å²) < 4.78 is 80.7. The Balaban J connectivity index is 1.53. The minimum atomic E-state index is -4.64. The van der Waals surface area contributed by atoms with Crippen LogP contribution in [0.1, 0.15) is 31.8 Å². The molecule has 0 radical (unpaired) electrons. The molecule has 252 valence electrons. The summed E-state index contributed by atoms with van der Waals surface area (Å²) in [5.74, 6) is -1.93. The molecule has 4 aromatic rings. The molecule has 0 saturated carbocycles. The predicted molar refractivity (Wildman–Crippen MR) is 170 cm³/mol. The molecule has 0 unspecified atom stereocenters.